The van der Waals surface area contributed by atoms with Crippen LogP contribution in [-0.2, 0) is 16.1 Å². The quantitative estimate of drug-likeness (QED) is 0.112. The molecule has 8 nitrogen and oxygen atoms in total. The Morgan fingerprint density at radius 3 is 2.50 bits per heavy atom. The van der Waals surface area contributed by atoms with E-state index in [4.69, 9.17) is 18.9 Å². The average molecular weight is 661 g/mol. The van der Waals surface area contributed by atoms with Crippen LogP contribution in [0, 0.1) is 0 Å². The number of esters is 1. The van der Waals surface area contributed by atoms with Crippen LogP contribution in [0.4, 0.5) is 0 Å². The molecule has 1 aromatic heterocycles. The third-order valence-electron chi connectivity index (χ3n) is 7.91. The standard InChI is InChI=1S/C39H36N2O6S/c1-5-21-46-30-18-16-28(17-19-30)36-35(38(43)45-7-3)25(4)40-39-41(36)37(42)34(48-39)23-26-15-20-32(33(22-26)44-6-2)47-24-29-13-10-12-27-11-8-9-14-31(27)29/h5,8-20,22-23,36H,1,6-7,21,24H2,2-4H3/b34-23-/t36-/m1/s1. The molecule has 244 valence electrons. The van der Waals surface area contributed by atoms with Gasteiger partial charge in [-0.1, -0.05) is 84.7 Å². The molecule has 5 aromatic rings. The number of nitrogens with zero attached hydrogens (tertiary/aromatic N) is 2. The summed E-state index contributed by atoms with van der Waals surface area (Å²) < 4.78 is 25.3. The number of carbonyl (C=O) groups excluding carboxylic acids is 1. The van der Waals surface area contributed by atoms with E-state index in [9.17, 15) is 9.59 Å². The van der Waals surface area contributed by atoms with Gasteiger partial charge in [-0.25, -0.2) is 9.79 Å². The molecule has 48 heavy (non-hydrogen) atoms. The molecule has 0 radical (unpaired) electrons. The molecule has 9 heteroatoms. The highest BCUT2D eigenvalue weighted by molar-refractivity contribution is 7.07. The highest BCUT2D eigenvalue weighted by Gasteiger charge is 2.33. The summed E-state index contributed by atoms with van der Waals surface area (Å²) in [6.07, 6.45) is 3.48. The highest BCUT2D eigenvalue weighted by atomic mass is 32.1. The Bertz CT molecular complexity index is 2190. The molecular formula is C39H36N2O6S. The van der Waals surface area contributed by atoms with Crippen LogP contribution in [0.25, 0.3) is 16.8 Å². The first-order valence-corrected chi connectivity index (χ1v) is 16.6. The maximum Gasteiger partial charge on any atom is 0.338 e. The van der Waals surface area contributed by atoms with Gasteiger partial charge < -0.3 is 18.9 Å². The first kappa shape index (κ1) is 32.5. The Kier molecular flexibility index (Phi) is 9.87. The number of thiazole rings is 1. The number of hydrogen-bond donors (Lipinski definition) is 0. The zero-order valence-electron chi connectivity index (χ0n) is 27.1. The molecule has 0 bridgehead atoms. The molecule has 0 saturated heterocycles. The third kappa shape index (κ3) is 6.68. The van der Waals surface area contributed by atoms with Gasteiger partial charge in [0, 0.05) is 0 Å². The van der Waals surface area contributed by atoms with E-state index in [2.05, 4.69) is 35.8 Å². The van der Waals surface area contributed by atoms with Gasteiger partial charge in [0.1, 0.15) is 19.0 Å². The van der Waals surface area contributed by atoms with Gasteiger partial charge >= 0.3 is 5.97 Å². The summed E-state index contributed by atoms with van der Waals surface area (Å²) in [5, 5.41) is 2.29. The van der Waals surface area contributed by atoms with Crippen molar-refractivity contribution in [3.63, 3.8) is 0 Å². The fraction of sp³-hybridized carbons (Fsp3) is 0.205. The lowest BCUT2D eigenvalue weighted by Gasteiger charge is -2.24. The summed E-state index contributed by atoms with van der Waals surface area (Å²) in [4.78, 5) is 32.5. The number of hydrogen-bond acceptors (Lipinski definition) is 8. The smallest absolute Gasteiger partial charge is 0.338 e. The monoisotopic (exact) mass is 660 g/mol. The van der Waals surface area contributed by atoms with Crippen LogP contribution in [-0.4, -0.2) is 30.4 Å². The third-order valence-corrected chi connectivity index (χ3v) is 8.89. The highest BCUT2D eigenvalue weighted by Crippen LogP contribution is 2.33. The van der Waals surface area contributed by atoms with Crippen LogP contribution in [0.3, 0.4) is 0 Å². The zero-order chi connectivity index (χ0) is 33.6. The molecule has 2 heterocycles. The van der Waals surface area contributed by atoms with Gasteiger partial charge in [0.15, 0.2) is 16.3 Å². The normalized spacial score (nSPS) is 14.3. The Balaban J connectivity index is 1.36. The second-order valence-corrected chi connectivity index (χ2v) is 12.0. The number of rotatable bonds is 12. The summed E-state index contributed by atoms with van der Waals surface area (Å²) in [7, 11) is 0. The van der Waals surface area contributed by atoms with Crippen LogP contribution in [0.5, 0.6) is 17.2 Å². The van der Waals surface area contributed by atoms with E-state index in [0.29, 0.717) is 57.7 Å². The van der Waals surface area contributed by atoms with Crippen molar-refractivity contribution in [3.8, 4) is 17.2 Å². The SMILES string of the molecule is C=CCOc1ccc([C@@H]2C(C(=O)OCC)=C(C)N=c3s/c(=C\c4ccc(OCc5cccc6ccccc56)c(OCC)c4)c(=O)n32)cc1. The predicted octanol–water partition coefficient (Wildman–Crippen LogP) is 6.49. The minimum absolute atomic E-state index is 0.199. The maximum atomic E-state index is 14.1. The second-order valence-electron chi connectivity index (χ2n) is 11.0. The van der Waals surface area contributed by atoms with E-state index in [1.54, 1.807) is 24.5 Å². The van der Waals surface area contributed by atoms with Gasteiger partial charge in [-0.2, -0.15) is 0 Å². The molecule has 0 fully saturated rings. The lowest BCUT2D eigenvalue weighted by molar-refractivity contribution is -0.139. The first-order chi connectivity index (χ1) is 23.4. The van der Waals surface area contributed by atoms with Gasteiger partial charge in [-0.05, 0) is 78.6 Å². The molecule has 0 aliphatic carbocycles. The molecule has 0 saturated carbocycles. The largest absolute Gasteiger partial charge is 0.490 e. The van der Waals surface area contributed by atoms with E-state index in [-0.39, 0.29) is 12.2 Å². The second kappa shape index (κ2) is 14.6. The first-order valence-electron chi connectivity index (χ1n) is 15.8. The summed E-state index contributed by atoms with van der Waals surface area (Å²) >= 11 is 1.27. The van der Waals surface area contributed by atoms with E-state index >= 15 is 0 Å². The van der Waals surface area contributed by atoms with Crippen LogP contribution >= 0.6 is 11.3 Å². The fourth-order valence-corrected chi connectivity index (χ4v) is 6.78. The van der Waals surface area contributed by atoms with Gasteiger partial charge in [0.05, 0.1) is 35.1 Å². The van der Waals surface area contributed by atoms with Crippen molar-refractivity contribution < 1.29 is 23.7 Å². The molecule has 1 aliphatic rings. The van der Waals surface area contributed by atoms with Crippen molar-refractivity contribution in [2.45, 2.75) is 33.4 Å². The molecule has 0 amide bonds. The Labute approximate surface area is 282 Å². The predicted molar refractivity (Wildman–Crippen MR) is 188 cm³/mol. The molecule has 1 atom stereocenters. The lowest BCUT2D eigenvalue weighted by atomic mass is 9.96. The molecule has 0 N–H and O–H groups in total. The summed E-state index contributed by atoms with van der Waals surface area (Å²) in [6.45, 7) is 10.5. The van der Waals surface area contributed by atoms with Gasteiger partial charge in [-0.15, -0.1) is 0 Å². The minimum Gasteiger partial charge on any atom is -0.490 e. The zero-order valence-corrected chi connectivity index (χ0v) is 27.9. The summed E-state index contributed by atoms with van der Waals surface area (Å²) in [5.41, 5.74) is 3.14. The number of fused-ring (bicyclic) bond motifs is 2. The molecule has 4 aromatic carbocycles. The lowest BCUT2D eigenvalue weighted by Crippen LogP contribution is -2.39. The van der Waals surface area contributed by atoms with Crippen LogP contribution in [0.2, 0.25) is 0 Å². The topological polar surface area (TPSA) is 88.4 Å². The number of aromatic nitrogens is 1. The Morgan fingerprint density at radius 1 is 0.938 bits per heavy atom. The molecular weight excluding hydrogens is 625 g/mol. The van der Waals surface area contributed by atoms with E-state index < -0.39 is 12.0 Å². The van der Waals surface area contributed by atoms with E-state index in [1.807, 2.05) is 73.7 Å². The van der Waals surface area contributed by atoms with Gasteiger partial charge in [-0.3, -0.25) is 9.36 Å². The molecule has 0 spiro atoms. The van der Waals surface area contributed by atoms with Crippen molar-refractivity contribution in [2.24, 2.45) is 4.99 Å². The molecule has 6 rings (SSSR count). The number of carbonyl (C=O) groups is 1. The van der Waals surface area contributed by atoms with Gasteiger partial charge in [0.25, 0.3) is 5.56 Å². The van der Waals surface area contributed by atoms with Crippen molar-refractivity contribution in [1.82, 2.24) is 4.57 Å². The summed E-state index contributed by atoms with van der Waals surface area (Å²) in [5.74, 6) is 1.33. The van der Waals surface area contributed by atoms with Crippen molar-refractivity contribution in [2.75, 3.05) is 19.8 Å². The van der Waals surface area contributed by atoms with Crippen LogP contribution < -0.4 is 29.1 Å². The number of ether oxygens (including phenoxy) is 4. The summed E-state index contributed by atoms with van der Waals surface area (Å²) in [6, 6.07) is 26.6. The maximum absolute atomic E-state index is 14.1. The van der Waals surface area contributed by atoms with Crippen LogP contribution in [0.15, 0.2) is 119 Å². The average Bonchev–Trinajstić information content (AvgIpc) is 3.40. The van der Waals surface area contributed by atoms with E-state index in [1.165, 1.54) is 11.3 Å². The Morgan fingerprint density at radius 2 is 1.73 bits per heavy atom. The van der Waals surface area contributed by atoms with Crippen LogP contribution in [0.1, 0.15) is 43.5 Å². The number of allylic oxidation sites excluding steroid dienone is 1. The van der Waals surface area contributed by atoms with Crippen molar-refractivity contribution >= 4 is 34.2 Å². The van der Waals surface area contributed by atoms with Gasteiger partial charge in [0.2, 0.25) is 0 Å². The number of benzene rings is 4. The van der Waals surface area contributed by atoms with Crippen molar-refractivity contribution in [1.29, 1.82) is 0 Å². The minimum atomic E-state index is -0.722. The fourth-order valence-electron chi connectivity index (χ4n) is 5.74. The molecule has 0 unspecified atom stereocenters. The van der Waals surface area contributed by atoms with E-state index in [0.717, 1.165) is 27.5 Å². The Hall–Kier alpha value is -5.41. The van der Waals surface area contributed by atoms with Crippen molar-refractivity contribution in [3.05, 3.63) is 145 Å². The molecule has 1 aliphatic heterocycles.